The van der Waals surface area contributed by atoms with Gasteiger partial charge in [0.2, 0.25) is 0 Å². The summed E-state index contributed by atoms with van der Waals surface area (Å²) in [6, 6.07) is 7.90. The van der Waals surface area contributed by atoms with E-state index in [1.54, 1.807) is 11.6 Å². The molecule has 0 fully saturated rings. The largest absolute Gasteiger partial charge is 0.300 e. The van der Waals surface area contributed by atoms with E-state index in [9.17, 15) is 4.79 Å². The number of nitrogens with zero attached hydrogens (tertiary/aromatic N) is 2. The molecule has 0 aliphatic heterocycles. The van der Waals surface area contributed by atoms with Gasteiger partial charge < -0.3 is 0 Å². The lowest BCUT2D eigenvalue weighted by Crippen LogP contribution is -1.96. The summed E-state index contributed by atoms with van der Waals surface area (Å²) >= 11 is 3.40. The summed E-state index contributed by atoms with van der Waals surface area (Å²) in [6.07, 6.45) is 2.36. The van der Waals surface area contributed by atoms with Gasteiger partial charge in [0.25, 0.3) is 0 Å². The van der Waals surface area contributed by atoms with E-state index in [0.717, 1.165) is 21.4 Å². The number of benzene rings is 1. The summed E-state index contributed by atoms with van der Waals surface area (Å²) in [5.41, 5.74) is 2.88. The predicted octanol–water partition coefficient (Wildman–Crippen LogP) is 3.07. The van der Waals surface area contributed by atoms with Crippen LogP contribution in [0.15, 0.2) is 34.9 Å². The molecule has 1 aromatic carbocycles. The maximum Gasteiger partial charge on any atom is 0.134 e. The first-order valence-electron chi connectivity index (χ1n) is 5.37. The van der Waals surface area contributed by atoms with Gasteiger partial charge >= 0.3 is 0 Å². The third-order valence-electron chi connectivity index (χ3n) is 2.53. The Morgan fingerprint density at radius 3 is 2.59 bits per heavy atom. The normalized spacial score (nSPS) is 10.5. The van der Waals surface area contributed by atoms with E-state index in [2.05, 4.69) is 21.0 Å². The Morgan fingerprint density at radius 1 is 1.35 bits per heavy atom. The Hall–Kier alpha value is -1.42. The minimum Gasteiger partial charge on any atom is -0.300 e. The SMILES string of the molecule is CC(=O)Cc1cn(-c2ccc(Br)cc2)nc1C. The van der Waals surface area contributed by atoms with Crippen LogP contribution in [-0.2, 0) is 11.2 Å². The number of hydrogen-bond donors (Lipinski definition) is 0. The van der Waals surface area contributed by atoms with Crippen LogP contribution in [0.3, 0.4) is 0 Å². The number of aryl methyl sites for hydroxylation is 1. The highest BCUT2D eigenvalue weighted by atomic mass is 79.9. The van der Waals surface area contributed by atoms with Gasteiger partial charge in [0.05, 0.1) is 11.4 Å². The zero-order chi connectivity index (χ0) is 12.4. The van der Waals surface area contributed by atoms with Crippen molar-refractivity contribution in [1.82, 2.24) is 9.78 Å². The number of Topliss-reactive ketones (excluding diaryl/α,β-unsaturated/α-hetero) is 1. The van der Waals surface area contributed by atoms with Crippen molar-refractivity contribution in [3.63, 3.8) is 0 Å². The highest BCUT2D eigenvalue weighted by Gasteiger charge is 2.08. The average Bonchev–Trinajstić information content (AvgIpc) is 2.60. The van der Waals surface area contributed by atoms with Crippen LogP contribution in [0, 0.1) is 6.92 Å². The van der Waals surface area contributed by atoms with Crippen molar-refractivity contribution in [3.8, 4) is 5.69 Å². The fraction of sp³-hybridized carbons (Fsp3) is 0.231. The quantitative estimate of drug-likeness (QED) is 0.871. The van der Waals surface area contributed by atoms with Crippen LogP contribution < -0.4 is 0 Å². The second kappa shape index (κ2) is 4.84. The van der Waals surface area contributed by atoms with Crippen LogP contribution in [0.2, 0.25) is 0 Å². The molecule has 4 heteroatoms. The molecule has 0 radical (unpaired) electrons. The molecule has 17 heavy (non-hydrogen) atoms. The van der Waals surface area contributed by atoms with Crippen molar-refractivity contribution in [2.24, 2.45) is 0 Å². The Morgan fingerprint density at radius 2 is 2.00 bits per heavy atom. The van der Waals surface area contributed by atoms with Crippen LogP contribution in [0.4, 0.5) is 0 Å². The smallest absolute Gasteiger partial charge is 0.134 e. The van der Waals surface area contributed by atoms with Gasteiger partial charge in [-0.2, -0.15) is 5.10 Å². The zero-order valence-electron chi connectivity index (χ0n) is 9.77. The van der Waals surface area contributed by atoms with Crippen LogP contribution >= 0.6 is 15.9 Å². The third-order valence-corrected chi connectivity index (χ3v) is 3.06. The fourth-order valence-corrected chi connectivity index (χ4v) is 1.93. The number of carbonyl (C=O) groups excluding carboxylic acids is 1. The molecule has 0 bridgehead atoms. The van der Waals surface area contributed by atoms with Crippen molar-refractivity contribution in [3.05, 3.63) is 46.2 Å². The minimum atomic E-state index is 0.156. The first kappa shape index (κ1) is 12.0. The molecule has 0 saturated carbocycles. The molecular formula is C13H13BrN2O. The molecule has 3 nitrogen and oxygen atoms in total. The van der Waals surface area contributed by atoms with Crippen molar-refractivity contribution in [2.45, 2.75) is 20.3 Å². The van der Waals surface area contributed by atoms with E-state index in [1.165, 1.54) is 0 Å². The Labute approximate surface area is 109 Å². The van der Waals surface area contributed by atoms with Crippen LogP contribution in [0.25, 0.3) is 5.69 Å². The maximum absolute atomic E-state index is 11.1. The molecule has 1 heterocycles. The van der Waals surface area contributed by atoms with Gasteiger partial charge in [0.15, 0.2) is 0 Å². The summed E-state index contributed by atoms with van der Waals surface area (Å²) in [5.74, 6) is 0.156. The van der Waals surface area contributed by atoms with Crippen molar-refractivity contribution < 1.29 is 4.79 Å². The van der Waals surface area contributed by atoms with E-state index >= 15 is 0 Å². The molecule has 1 aromatic heterocycles. The van der Waals surface area contributed by atoms with Crippen molar-refractivity contribution in [2.75, 3.05) is 0 Å². The molecule has 0 spiro atoms. The zero-order valence-corrected chi connectivity index (χ0v) is 11.4. The van der Waals surface area contributed by atoms with Gasteiger partial charge in [-0.3, -0.25) is 4.79 Å². The Balaban J connectivity index is 2.34. The lowest BCUT2D eigenvalue weighted by Gasteiger charge is -2.00. The maximum atomic E-state index is 11.1. The second-order valence-electron chi connectivity index (χ2n) is 4.04. The highest BCUT2D eigenvalue weighted by Crippen LogP contribution is 2.16. The van der Waals surface area contributed by atoms with Crippen LogP contribution in [-0.4, -0.2) is 15.6 Å². The van der Waals surface area contributed by atoms with Crippen molar-refractivity contribution in [1.29, 1.82) is 0 Å². The lowest BCUT2D eigenvalue weighted by molar-refractivity contribution is -0.116. The summed E-state index contributed by atoms with van der Waals surface area (Å²) in [7, 11) is 0. The van der Waals surface area contributed by atoms with Crippen LogP contribution in [0.5, 0.6) is 0 Å². The molecule has 0 saturated heterocycles. The molecule has 0 aliphatic carbocycles. The van der Waals surface area contributed by atoms with Gasteiger partial charge in [0.1, 0.15) is 5.78 Å². The van der Waals surface area contributed by atoms with E-state index in [1.807, 2.05) is 37.4 Å². The Kier molecular flexibility index (Phi) is 3.43. The first-order chi connectivity index (χ1) is 8.06. The van der Waals surface area contributed by atoms with E-state index in [4.69, 9.17) is 0 Å². The van der Waals surface area contributed by atoms with E-state index in [-0.39, 0.29) is 5.78 Å². The van der Waals surface area contributed by atoms with Gasteiger partial charge in [-0.15, -0.1) is 0 Å². The van der Waals surface area contributed by atoms with E-state index in [0.29, 0.717) is 6.42 Å². The van der Waals surface area contributed by atoms with Gasteiger partial charge in [0, 0.05) is 22.7 Å². The molecule has 88 valence electrons. The molecule has 0 aliphatic rings. The predicted molar refractivity (Wildman–Crippen MR) is 70.4 cm³/mol. The number of aromatic nitrogens is 2. The molecule has 2 rings (SSSR count). The first-order valence-corrected chi connectivity index (χ1v) is 6.16. The highest BCUT2D eigenvalue weighted by molar-refractivity contribution is 9.10. The van der Waals surface area contributed by atoms with Gasteiger partial charge in [-0.25, -0.2) is 4.68 Å². The lowest BCUT2D eigenvalue weighted by atomic mass is 10.1. The summed E-state index contributed by atoms with van der Waals surface area (Å²) in [6.45, 7) is 3.52. The number of carbonyl (C=O) groups is 1. The third kappa shape index (κ3) is 2.82. The Bertz CT molecular complexity index is 543. The number of rotatable bonds is 3. The average molecular weight is 293 g/mol. The molecule has 2 aromatic rings. The molecular weight excluding hydrogens is 280 g/mol. The summed E-state index contributed by atoms with van der Waals surface area (Å²) in [4.78, 5) is 11.1. The molecule has 0 N–H and O–H groups in total. The fourth-order valence-electron chi connectivity index (χ4n) is 1.66. The number of halogens is 1. The van der Waals surface area contributed by atoms with E-state index < -0.39 is 0 Å². The van der Waals surface area contributed by atoms with Gasteiger partial charge in [-0.1, -0.05) is 15.9 Å². The van der Waals surface area contributed by atoms with Gasteiger partial charge in [-0.05, 0) is 38.1 Å². The topological polar surface area (TPSA) is 34.9 Å². The minimum absolute atomic E-state index is 0.156. The van der Waals surface area contributed by atoms with Crippen molar-refractivity contribution >= 4 is 21.7 Å². The van der Waals surface area contributed by atoms with Crippen LogP contribution in [0.1, 0.15) is 18.2 Å². The summed E-state index contributed by atoms with van der Waals surface area (Å²) < 4.78 is 2.84. The monoisotopic (exact) mass is 292 g/mol. The molecule has 0 unspecified atom stereocenters. The standard InChI is InChI=1S/C13H13BrN2O/c1-9(17)7-11-8-16(15-10(11)2)13-5-3-12(14)4-6-13/h3-6,8H,7H2,1-2H3. The summed E-state index contributed by atoms with van der Waals surface area (Å²) in [5, 5.41) is 4.41. The molecule has 0 amide bonds. The number of hydrogen-bond acceptors (Lipinski definition) is 2. The molecule has 0 atom stereocenters. The second-order valence-corrected chi connectivity index (χ2v) is 4.96. The number of ketones is 1.